The summed E-state index contributed by atoms with van der Waals surface area (Å²) in [6.45, 7) is 20.3. The maximum Gasteiger partial charge on any atom is 0.203 e. The van der Waals surface area contributed by atoms with Gasteiger partial charge in [0.05, 0.1) is 39.6 Å². The highest BCUT2D eigenvalue weighted by Gasteiger charge is 2.26. The molecule has 0 aliphatic rings. The van der Waals surface area contributed by atoms with Gasteiger partial charge in [-0.05, 0) is 75.6 Å². The Morgan fingerprint density at radius 1 is 0.208 bits per heavy atom. The van der Waals surface area contributed by atoms with E-state index in [1.165, 1.54) is 283 Å². The molecule has 1 aromatic heterocycles. The zero-order valence-corrected chi connectivity index (χ0v) is 64.5. The van der Waals surface area contributed by atoms with E-state index in [2.05, 4.69) is 72.7 Å². The van der Waals surface area contributed by atoms with Crippen LogP contribution in [0.1, 0.15) is 421 Å². The molecule has 0 N–H and O–H groups in total. The van der Waals surface area contributed by atoms with Crippen molar-refractivity contribution < 1.29 is 33.3 Å². The molecule has 0 amide bonds. The Kier molecular flexibility index (Phi) is 58.1. The minimum absolute atomic E-state index is 0.529. The number of aromatic nitrogens is 3. The fraction of sp³-hybridized carbons (Fsp3) is 0.837. The van der Waals surface area contributed by atoms with E-state index >= 15 is 0 Å². The second-order valence-electron chi connectivity index (χ2n) is 28.7. The Bertz CT molecular complexity index is 1940. The molecular formula is C86H155N3O7. The van der Waals surface area contributed by atoms with Crippen molar-refractivity contribution >= 4 is 0 Å². The lowest BCUT2D eigenvalue weighted by Gasteiger charge is -2.20. The Labute approximate surface area is 593 Å². The van der Waals surface area contributed by atoms with Crippen molar-refractivity contribution in [1.82, 2.24) is 14.9 Å². The smallest absolute Gasteiger partial charge is 0.203 e. The summed E-state index contributed by atoms with van der Waals surface area (Å²) in [7, 11) is 0. The molecule has 0 saturated carbocycles. The molecule has 0 atom stereocenters. The molecule has 0 unspecified atom stereocenters. The van der Waals surface area contributed by atoms with Crippen LogP contribution in [0.5, 0.6) is 34.5 Å². The first-order valence-electron chi connectivity index (χ1n) is 42.3. The average molecular weight is 1340 g/mol. The number of hydrogen-bond donors (Lipinski definition) is 0. The second kappa shape index (κ2) is 64.5. The Balaban J connectivity index is 2.21. The molecule has 556 valence electrons. The van der Waals surface area contributed by atoms with E-state index in [1.807, 2.05) is 4.73 Å². The van der Waals surface area contributed by atoms with Crippen LogP contribution in [0.2, 0.25) is 0 Å². The van der Waals surface area contributed by atoms with Crippen molar-refractivity contribution in [2.75, 3.05) is 46.2 Å². The van der Waals surface area contributed by atoms with Crippen LogP contribution >= 0.6 is 0 Å². The highest BCUT2D eigenvalue weighted by Crippen LogP contribution is 2.45. The van der Waals surface area contributed by atoms with Gasteiger partial charge in [-0.3, -0.25) is 0 Å². The summed E-state index contributed by atoms with van der Waals surface area (Å²) >= 11 is 0. The van der Waals surface area contributed by atoms with Crippen LogP contribution in [0.25, 0.3) is 22.8 Å². The van der Waals surface area contributed by atoms with E-state index in [1.54, 1.807) is 0 Å². The minimum Gasteiger partial charge on any atom is -0.490 e. The van der Waals surface area contributed by atoms with Gasteiger partial charge < -0.3 is 33.3 Å². The van der Waals surface area contributed by atoms with Crippen molar-refractivity contribution in [3.63, 3.8) is 0 Å². The molecule has 2 aromatic carbocycles. The fourth-order valence-electron chi connectivity index (χ4n) is 13.1. The van der Waals surface area contributed by atoms with Crippen molar-refractivity contribution in [3.8, 4) is 57.3 Å². The molecule has 0 spiro atoms. The van der Waals surface area contributed by atoms with Gasteiger partial charge >= 0.3 is 0 Å². The third-order valence-corrected chi connectivity index (χ3v) is 19.4. The lowest BCUT2D eigenvalue weighted by molar-refractivity contribution is 0.112. The standard InChI is InChI=1S/C86H155N3O7/c1-8-15-22-29-36-43-44-51-58-65-72-96-89-85(77-73-79(90-66-59-52-45-37-30-23-16-9-2)83(94-70-63-56-49-41-34-27-20-13-6)80(74-77)91-67-60-53-46-38-31-24-17-10-3)87-88-86(89)78-75-81(92-68-61-54-47-39-32-25-18-11-4)84(95-71-64-57-50-42-35-28-21-14-7)82(76-78)93-69-62-55-48-40-33-26-19-12-5/h73-76H,8-72H2,1-7H3. The first kappa shape index (κ1) is 86.4. The van der Waals surface area contributed by atoms with Gasteiger partial charge in [0.15, 0.2) is 34.6 Å². The molecule has 0 bridgehead atoms. The lowest BCUT2D eigenvalue weighted by atomic mass is 10.1. The zero-order chi connectivity index (χ0) is 68.5. The molecule has 96 heavy (non-hydrogen) atoms. The van der Waals surface area contributed by atoms with Gasteiger partial charge in [-0.2, -0.15) is 0 Å². The van der Waals surface area contributed by atoms with Gasteiger partial charge in [-0.25, -0.2) is 0 Å². The van der Waals surface area contributed by atoms with E-state index in [0.29, 0.717) is 92.4 Å². The van der Waals surface area contributed by atoms with E-state index < -0.39 is 0 Å². The van der Waals surface area contributed by atoms with Crippen molar-refractivity contribution in [3.05, 3.63) is 24.3 Å². The molecule has 0 aliphatic heterocycles. The van der Waals surface area contributed by atoms with Crippen LogP contribution in [-0.2, 0) is 0 Å². The number of unbranched alkanes of at least 4 members (excludes halogenated alkanes) is 51. The monoisotopic (exact) mass is 1340 g/mol. The predicted molar refractivity (Wildman–Crippen MR) is 413 cm³/mol. The van der Waals surface area contributed by atoms with Gasteiger partial charge in [-0.1, -0.05) is 370 Å². The topological polar surface area (TPSA) is 95.3 Å². The van der Waals surface area contributed by atoms with Crippen LogP contribution in [-0.4, -0.2) is 61.2 Å². The summed E-state index contributed by atoms with van der Waals surface area (Å²) in [5, 5.41) is 10.2. The van der Waals surface area contributed by atoms with Crippen LogP contribution in [0.4, 0.5) is 0 Å². The highest BCUT2D eigenvalue weighted by atomic mass is 16.7. The molecule has 0 aliphatic carbocycles. The third-order valence-electron chi connectivity index (χ3n) is 19.4. The number of hydrogen-bond acceptors (Lipinski definition) is 9. The molecule has 10 heteroatoms. The molecule has 1 heterocycles. The van der Waals surface area contributed by atoms with E-state index in [9.17, 15) is 0 Å². The molecule has 0 saturated heterocycles. The second-order valence-corrected chi connectivity index (χ2v) is 28.7. The van der Waals surface area contributed by atoms with Crippen molar-refractivity contribution in [1.29, 1.82) is 0 Å². The third kappa shape index (κ3) is 43.7. The van der Waals surface area contributed by atoms with Crippen LogP contribution in [0.15, 0.2) is 24.3 Å². The van der Waals surface area contributed by atoms with Gasteiger partial charge in [0.25, 0.3) is 0 Å². The van der Waals surface area contributed by atoms with Crippen molar-refractivity contribution in [2.45, 2.75) is 421 Å². The highest BCUT2D eigenvalue weighted by molar-refractivity contribution is 5.71. The SMILES string of the molecule is CCCCCCCCCCCCOn1c(-c2cc(OCCCCCCCCCC)c(OCCCCCCCCCC)c(OCCCCCCCCCC)c2)nnc1-c1cc(OCCCCCCCCCC)c(OCCCCCCCCCC)c(OCCCCCCCCCC)c1. The maximum absolute atomic E-state index is 7.08. The Hall–Kier alpha value is -3.82. The first-order valence-corrected chi connectivity index (χ1v) is 42.3. The molecule has 10 nitrogen and oxygen atoms in total. The van der Waals surface area contributed by atoms with Crippen LogP contribution < -0.4 is 33.3 Å². The summed E-state index contributed by atoms with van der Waals surface area (Å²) < 4.78 is 43.5. The predicted octanol–water partition coefficient (Wildman–Crippen LogP) is 28.1. The van der Waals surface area contributed by atoms with E-state index in [4.69, 9.17) is 43.5 Å². The number of ether oxygens (including phenoxy) is 6. The Morgan fingerprint density at radius 3 is 0.573 bits per heavy atom. The summed E-state index contributed by atoms with van der Waals surface area (Å²) in [5.41, 5.74) is 1.66. The maximum atomic E-state index is 7.08. The van der Waals surface area contributed by atoms with Crippen LogP contribution in [0.3, 0.4) is 0 Å². The average Bonchev–Trinajstić information content (AvgIpc) is 1.55. The van der Waals surface area contributed by atoms with Gasteiger partial charge in [0.1, 0.15) is 6.61 Å². The number of rotatable bonds is 74. The minimum atomic E-state index is 0.529. The largest absolute Gasteiger partial charge is 0.490 e. The fourth-order valence-corrected chi connectivity index (χ4v) is 13.1. The molecule has 3 rings (SSSR count). The molecule has 3 aromatic rings. The summed E-state index contributed by atoms with van der Waals surface area (Å²) in [4.78, 5) is 7.08. The summed E-state index contributed by atoms with van der Waals surface area (Å²) in [5.74, 6) is 5.46. The first-order chi connectivity index (χ1) is 47.6. The Morgan fingerprint density at radius 2 is 0.375 bits per heavy atom. The lowest BCUT2D eigenvalue weighted by Crippen LogP contribution is -2.16. The molecular weight excluding hydrogens is 1190 g/mol. The summed E-state index contributed by atoms with van der Waals surface area (Å²) in [6.07, 6.45) is 71.9. The number of nitrogens with zero attached hydrogens (tertiary/aromatic N) is 3. The van der Waals surface area contributed by atoms with E-state index in [-0.39, 0.29) is 0 Å². The zero-order valence-electron chi connectivity index (χ0n) is 64.5. The summed E-state index contributed by atoms with van der Waals surface area (Å²) in [6, 6.07) is 8.52. The van der Waals surface area contributed by atoms with Crippen molar-refractivity contribution in [2.24, 2.45) is 0 Å². The molecule has 0 fully saturated rings. The van der Waals surface area contributed by atoms with Gasteiger partial charge in [0, 0.05) is 11.1 Å². The quantitative estimate of drug-likeness (QED) is 0.0512. The van der Waals surface area contributed by atoms with Gasteiger partial charge in [-0.15, -0.1) is 14.9 Å². The van der Waals surface area contributed by atoms with E-state index in [0.717, 1.165) is 101 Å². The van der Waals surface area contributed by atoms with Crippen LogP contribution in [0, 0.1) is 0 Å². The number of benzene rings is 2. The normalized spacial score (nSPS) is 11.5. The van der Waals surface area contributed by atoms with Gasteiger partial charge in [0.2, 0.25) is 11.5 Å². The molecule has 0 radical (unpaired) electrons.